The lowest BCUT2D eigenvalue weighted by molar-refractivity contribution is 0.753. The summed E-state index contributed by atoms with van der Waals surface area (Å²) in [5, 5.41) is 7.64. The van der Waals surface area contributed by atoms with Crippen molar-refractivity contribution in [3.05, 3.63) is 10.4 Å². The van der Waals surface area contributed by atoms with Crippen molar-refractivity contribution in [1.82, 2.24) is 15.2 Å². The van der Waals surface area contributed by atoms with Gasteiger partial charge in [-0.15, -0.1) is 10.2 Å². The first-order chi connectivity index (χ1) is 6.65. The van der Waals surface area contributed by atoms with Crippen LogP contribution in [0.1, 0.15) is 19.8 Å². The van der Waals surface area contributed by atoms with Gasteiger partial charge in [0.25, 0.3) is 0 Å². The van der Waals surface area contributed by atoms with Gasteiger partial charge in [0.05, 0.1) is 0 Å². The van der Waals surface area contributed by atoms with E-state index >= 15 is 0 Å². The molecule has 0 fully saturated rings. The third-order valence-corrected chi connectivity index (χ3v) is 2.22. The Labute approximate surface area is 93.2 Å². The van der Waals surface area contributed by atoms with Gasteiger partial charge in [0, 0.05) is 13.6 Å². The minimum absolute atomic E-state index is 0.118. The number of rotatable bonds is 4. The Morgan fingerprint density at radius 3 is 2.64 bits per heavy atom. The minimum atomic E-state index is 0.118. The maximum atomic E-state index is 5.83. The topological polar surface area (TPSA) is 41.9 Å². The Morgan fingerprint density at radius 1 is 1.29 bits per heavy atom. The van der Waals surface area contributed by atoms with Gasteiger partial charge in [-0.3, -0.25) is 0 Å². The van der Waals surface area contributed by atoms with E-state index in [1.165, 1.54) is 0 Å². The zero-order valence-corrected chi connectivity index (χ0v) is 9.68. The molecular formula is C8H12Cl2N4. The van der Waals surface area contributed by atoms with Gasteiger partial charge in [0.1, 0.15) is 0 Å². The van der Waals surface area contributed by atoms with Gasteiger partial charge in [-0.2, -0.15) is 4.98 Å². The standard InChI is InChI=1S/C8H12Cl2N4/c1-3-4-5-14(2)7-6(9)12-13-8(10)11-7/h3-5H2,1-2H3. The summed E-state index contributed by atoms with van der Waals surface area (Å²) in [5.74, 6) is 0.583. The highest BCUT2D eigenvalue weighted by Gasteiger charge is 2.10. The normalized spacial score (nSPS) is 10.3. The van der Waals surface area contributed by atoms with Gasteiger partial charge >= 0.3 is 0 Å². The lowest BCUT2D eigenvalue weighted by Crippen LogP contribution is -2.20. The van der Waals surface area contributed by atoms with Gasteiger partial charge in [-0.1, -0.05) is 24.9 Å². The molecule has 0 saturated carbocycles. The molecule has 0 amide bonds. The fourth-order valence-corrected chi connectivity index (χ4v) is 1.37. The van der Waals surface area contributed by atoms with Crippen molar-refractivity contribution in [3.8, 4) is 0 Å². The summed E-state index contributed by atoms with van der Waals surface area (Å²) in [6, 6.07) is 0. The molecule has 1 aromatic rings. The molecule has 1 aromatic heterocycles. The molecule has 4 nitrogen and oxygen atoms in total. The van der Waals surface area contributed by atoms with Crippen LogP contribution in [0.5, 0.6) is 0 Å². The first-order valence-electron chi connectivity index (χ1n) is 4.42. The van der Waals surface area contributed by atoms with Gasteiger partial charge in [0.2, 0.25) is 5.28 Å². The van der Waals surface area contributed by atoms with Crippen LogP contribution in [0.4, 0.5) is 5.82 Å². The molecule has 0 saturated heterocycles. The molecule has 0 radical (unpaired) electrons. The first-order valence-corrected chi connectivity index (χ1v) is 5.17. The van der Waals surface area contributed by atoms with E-state index < -0.39 is 0 Å². The number of halogens is 2. The molecule has 0 aliphatic rings. The average Bonchev–Trinajstić information content (AvgIpc) is 2.18. The molecule has 78 valence electrons. The predicted octanol–water partition coefficient (Wildman–Crippen LogP) is 2.41. The quantitative estimate of drug-likeness (QED) is 0.803. The maximum absolute atomic E-state index is 5.83. The molecular weight excluding hydrogens is 223 g/mol. The molecule has 0 aliphatic carbocycles. The van der Waals surface area contributed by atoms with Crippen LogP contribution in [0.2, 0.25) is 10.4 Å². The predicted molar refractivity (Wildman–Crippen MR) is 58.0 cm³/mol. The van der Waals surface area contributed by atoms with Crippen molar-refractivity contribution in [1.29, 1.82) is 0 Å². The molecule has 6 heteroatoms. The Hall–Kier alpha value is -0.610. The molecule has 0 unspecified atom stereocenters. The molecule has 0 atom stereocenters. The van der Waals surface area contributed by atoms with E-state index in [-0.39, 0.29) is 10.4 Å². The smallest absolute Gasteiger partial charge is 0.245 e. The summed E-state index contributed by atoms with van der Waals surface area (Å²) in [6.07, 6.45) is 2.20. The summed E-state index contributed by atoms with van der Waals surface area (Å²) in [7, 11) is 1.90. The zero-order chi connectivity index (χ0) is 10.6. The molecule has 0 bridgehead atoms. The molecule has 1 heterocycles. The van der Waals surface area contributed by atoms with E-state index in [4.69, 9.17) is 23.2 Å². The van der Waals surface area contributed by atoms with Crippen molar-refractivity contribution >= 4 is 29.0 Å². The monoisotopic (exact) mass is 234 g/mol. The second-order valence-corrected chi connectivity index (χ2v) is 3.67. The summed E-state index contributed by atoms with van der Waals surface area (Å²) >= 11 is 11.5. The van der Waals surface area contributed by atoms with Gasteiger partial charge in [-0.25, -0.2) is 0 Å². The van der Waals surface area contributed by atoms with Crippen molar-refractivity contribution in [3.63, 3.8) is 0 Å². The molecule has 0 aliphatic heterocycles. The largest absolute Gasteiger partial charge is 0.357 e. The van der Waals surface area contributed by atoms with Crippen molar-refractivity contribution in [2.24, 2.45) is 0 Å². The van der Waals surface area contributed by atoms with Gasteiger partial charge < -0.3 is 4.90 Å². The van der Waals surface area contributed by atoms with Crippen LogP contribution in [0.15, 0.2) is 0 Å². The molecule has 0 spiro atoms. The maximum Gasteiger partial charge on any atom is 0.245 e. The SMILES string of the molecule is CCCCN(C)c1nc(Cl)nnc1Cl. The summed E-state index contributed by atoms with van der Waals surface area (Å²) in [4.78, 5) is 5.93. The van der Waals surface area contributed by atoms with E-state index in [9.17, 15) is 0 Å². The third-order valence-electron chi connectivity index (χ3n) is 1.81. The number of nitrogens with zero attached hydrogens (tertiary/aromatic N) is 4. The third kappa shape index (κ3) is 2.96. The van der Waals surface area contributed by atoms with Gasteiger partial charge in [-0.05, 0) is 18.0 Å². The fraction of sp³-hybridized carbons (Fsp3) is 0.625. The number of anilines is 1. The number of hydrogen-bond acceptors (Lipinski definition) is 4. The van der Waals surface area contributed by atoms with Crippen LogP contribution >= 0.6 is 23.2 Å². The van der Waals surface area contributed by atoms with Crippen LogP contribution in [0.3, 0.4) is 0 Å². The Balaban J connectivity index is 2.77. The fourth-order valence-electron chi connectivity index (χ4n) is 1.03. The molecule has 0 N–H and O–H groups in total. The molecule has 14 heavy (non-hydrogen) atoms. The second-order valence-electron chi connectivity index (χ2n) is 2.97. The summed E-state index contributed by atoms with van der Waals surface area (Å²) in [5.41, 5.74) is 0. The summed E-state index contributed by atoms with van der Waals surface area (Å²) < 4.78 is 0. The van der Waals surface area contributed by atoms with Crippen molar-refractivity contribution in [2.45, 2.75) is 19.8 Å². The van der Waals surface area contributed by atoms with Crippen LogP contribution in [0.25, 0.3) is 0 Å². The highest BCUT2D eigenvalue weighted by molar-refractivity contribution is 6.32. The number of aromatic nitrogens is 3. The van der Waals surface area contributed by atoms with Crippen LogP contribution in [0, 0.1) is 0 Å². The van der Waals surface area contributed by atoms with Gasteiger partial charge in [0.15, 0.2) is 11.0 Å². The Kier molecular flexibility index (Phi) is 4.35. The number of hydrogen-bond donors (Lipinski definition) is 0. The molecule has 0 aromatic carbocycles. The Morgan fingerprint density at radius 2 is 2.00 bits per heavy atom. The first kappa shape index (κ1) is 11.5. The molecule has 1 rings (SSSR count). The van der Waals surface area contributed by atoms with Crippen LogP contribution in [-0.4, -0.2) is 28.8 Å². The van der Waals surface area contributed by atoms with E-state index in [1.54, 1.807) is 0 Å². The zero-order valence-electron chi connectivity index (χ0n) is 8.17. The lowest BCUT2D eigenvalue weighted by atomic mass is 10.3. The van der Waals surface area contributed by atoms with Crippen LogP contribution in [-0.2, 0) is 0 Å². The van der Waals surface area contributed by atoms with Crippen molar-refractivity contribution in [2.75, 3.05) is 18.5 Å². The van der Waals surface area contributed by atoms with E-state index in [0.717, 1.165) is 19.4 Å². The Bertz CT molecular complexity index is 305. The second kappa shape index (κ2) is 5.32. The van der Waals surface area contributed by atoms with E-state index in [1.807, 2.05) is 11.9 Å². The average molecular weight is 235 g/mol. The summed E-state index contributed by atoms with van der Waals surface area (Å²) in [6.45, 7) is 3.01. The van der Waals surface area contributed by atoms with Crippen molar-refractivity contribution < 1.29 is 0 Å². The lowest BCUT2D eigenvalue weighted by Gasteiger charge is -2.17. The van der Waals surface area contributed by atoms with E-state index in [2.05, 4.69) is 22.1 Å². The van der Waals surface area contributed by atoms with Crippen LogP contribution < -0.4 is 4.90 Å². The number of unbranched alkanes of at least 4 members (excludes halogenated alkanes) is 1. The highest BCUT2D eigenvalue weighted by Crippen LogP contribution is 2.20. The highest BCUT2D eigenvalue weighted by atomic mass is 35.5. The minimum Gasteiger partial charge on any atom is -0.357 e. The van der Waals surface area contributed by atoms with E-state index in [0.29, 0.717) is 5.82 Å².